The lowest BCUT2D eigenvalue weighted by molar-refractivity contribution is -0.200. The first-order chi connectivity index (χ1) is 17.5. The summed E-state index contributed by atoms with van der Waals surface area (Å²) < 4.78 is 62.8. The highest BCUT2D eigenvalue weighted by Crippen LogP contribution is 2.31. The summed E-state index contributed by atoms with van der Waals surface area (Å²) >= 11 is 0. The van der Waals surface area contributed by atoms with Gasteiger partial charge in [-0.1, -0.05) is 17.7 Å². The zero-order chi connectivity index (χ0) is 26.9. The minimum atomic E-state index is -5.32. The van der Waals surface area contributed by atoms with E-state index in [1.54, 1.807) is 13.0 Å². The van der Waals surface area contributed by atoms with Crippen LogP contribution in [0.5, 0.6) is 5.75 Å². The summed E-state index contributed by atoms with van der Waals surface area (Å²) in [5.41, 5.74) is 1.25. The van der Waals surface area contributed by atoms with Gasteiger partial charge in [-0.2, -0.15) is 18.2 Å². The number of carbonyl (C=O) groups excluding carboxylic acids is 1. The number of halogens is 4. The monoisotopic (exact) mass is 521 g/mol. The van der Waals surface area contributed by atoms with Gasteiger partial charge >= 0.3 is 17.9 Å². The summed E-state index contributed by atoms with van der Waals surface area (Å²) in [6, 6.07) is 7.23. The maximum absolute atomic E-state index is 14.9. The van der Waals surface area contributed by atoms with Crippen LogP contribution < -0.4 is 26.0 Å². The van der Waals surface area contributed by atoms with Gasteiger partial charge in [-0.05, 0) is 43.2 Å². The van der Waals surface area contributed by atoms with Gasteiger partial charge in [-0.15, -0.1) is 0 Å². The molecule has 0 aliphatic rings. The molecule has 37 heavy (non-hydrogen) atoms. The second-order valence-corrected chi connectivity index (χ2v) is 7.67. The molecule has 0 radical (unpaired) electrons. The fourth-order valence-electron chi connectivity index (χ4n) is 3.37. The molecule has 0 bridgehead atoms. The lowest BCUT2D eigenvalue weighted by Crippen LogP contribution is -2.36. The van der Waals surface area contributed by atoms with E-state index in [0.717, 1.165) is 0 Å². The third-order valence-corrected chi connectivity index (χ3v) is 5.19. The maximum atomic E-state index is 14.9. The van der Waals surface area contributed by atoms with Crippen LogP contribution in [-0.4, -0.2) is 34.0 Å². The Bertz CT molecular complexity index is 1550. The predicted molar refractivity (Wildman–Crippen MR) is 124 cm³/mol. The van der Waals surface area contributed by atoms with E-state index in [2.05, 4.69) is 25.4 Å². The molecule has 4 aromatic rings. The van der Waals surface area contributed by atoms with Gasteiger partial charge in [-0.25, -0.2) is 19.0 Å². The number of carbonyl (C=O) groups is 1. The topological polar surface area (TPSA) is 121 Å². The minimum Gasteiger partial charge on any atom is -0.493 e. The zero-order valence-electron chi connectivity index (χ0n) is 19.6. The number of rotatable bonds is 7. The molecule has 0 aliphatic heterocycles. The van der Waals surface area contributed by atoms with Gasteiger partial charge in [0.15, 0.2) is 17.1 Å². The molecule has 4 rings (SSSR count). The van der Waals surface area contributed by atoms with E-state index in [-0.39, 0.29) is 44.7 Å². The molecule has 0 amide bonds. The number of methoxy groups -OCH3 is 1. The Morgan fingerprint density at radius 3 is 2.62 bits per heavy atom. The predicted octanol–water partition coefficient (Wildman–Crippen LogP) is 4.41. The molecule has 2 aromatic heterocycles. The van der Waals surface area contributed by atoms with Crippen molar-refractivity contribution in [2.45, 2.75) is 26.4 Å². The molecule has 194 valence electrons. The Labute approximate surface area is 205 Å². The molecule has 0 fully saturated rings. The summed E-state index contributed by atoms with van der Waals surface area (Å²) in [5, 5.41) is 5.72. The van der Waals surface area contributed by atoms with Crippen molar-refractivity contribution in [1.29, 1.82) is 0 Å². The standard InChI is InChI=1S/C23H19F4N5O5/c1-4-12-5-7-14(17(24)18(12)35-3)30-21-28-10-11(2)19(31-21)29-13-6-8-16-15(9-13)32(22(34)36-16)37-20(33)23(25,26)27/h5-10H,4H2,1-3H3,(H2,28,29,30,31). The van der Waals surface area contributed by atoms with Crippen molar-refractivity contribution in [2.24, 2.45) is 0 Å². The number of hydrogen-bond donors (Lipinski definition) is 2. The molecule has 10 nitrogen and oxygen atoms in total. The molecule has 14 heteroatoms. The van der Waals surface area contributed by atoms with Gasteiger partial charge in [0.25, 0.3) is 0 Å². The van der Waals surface area contributed by atoms with E-state index < -0.39 is 23.7 Å². The lowest BCUT2D eigenvalue weighted by Gasteiger charge is -2.14. The first-order valence-corrected chi connectivity index (χ1v) is 10.7. The van der Waals surface area contributed by atoms with Crippen molar-refractivity contribution in [1.82, 2.24) is 14.7 Å². The second-order valence-electron chi connectivity index (χ2n) is 7.67. The fourth-order valence-corrected chi connectivity index (χ4v) is 3.37. The number of benzene rings is 2. The van der Waals surface area contributed by atoms with Gasteiger partial charge in [0, 0.05) is 17.4 Å². The van der Waals surface area contributed by atoms with Crippen molar-refractivity contribution in [2.75, 3.05) is 17.7 Å². The SMILES string of the molecule is CCc1ccc(Nc2ncc(C)c(Nc3ccc4oc(=O)n(OC(=O)C(F)(F)F)c4c3)n2)c(F)c1OC. The molecule has 0 aliphatic carbocycles. The Morgan fingerprint density at radius 2 is 1.95 bits per heavy atom. The lowest BCUT2D eigenvalue weighted by atomic mass is 10.1. The third kappa shape index (κ3) is 5.17. The van der Waals surface area contributed by atoms with Gasteiger partial charge in [0.2, 0.25) is 5.95 Å². The van der Waals surface area contributed by atoms with Crippen LogP contribution in [0, 0.1) is 12.7 Å². The number of nitrogens with zero attached hydrogens (tertiary/aromatic N) is 3. The van der Waals surface area contributed by atoms with E-state index in [1.165, 1.54) is 37.6 Å². The van der Waals surface area contributed by atoms with Crippen LogP contribution in [-0.2, 0) is 11.2 Å². The molecule has 0 atom stereocenters. The minimum absolute atomic E-state index is 0.0405. The second kappa shape index (κ2) is 9.79. The molecule has 0 saturated carbocycles. The summed E-state index contributed by atoms with van der Waals surface area (Å²) in [7, 11) is 1.37. The summed E-state index contributed by atoms with van der Waals surface area (Å²) in [4.78, 5) is 35.8. The molecular weight excluding hydrogens is 502 g/mol. The van der Waals surface area contributed by atoms with Crippen LogP contribution in [0.4, 0.5) is 40.7 Å². The summed E-state index contributed by atoms with van der Waals surface area (Å²) in [6.45, 7) is 3.55. The van der Waals surface area contributed by atoms with Gasteiger partial charge < -0.3 is 24.6 Å². The molecule has 2 heterocycles. The molecule has 0 unspecified atom stereocenters. The molecule has 2 N–H and O–H groups in total. The number of nitrogens with one attached hydrogen (secondary N) is 2. The number of hydrogen-bond acceptors (Lipinski definition) is 9. The van der Waals surface area contributed by atoms with Crippen molar-refractivity contribution in [3.63, 3.8) is 0 Å². The van der Waals surface area contributed by atoms with E-state index in [4.69, 9.17) is 9.15 Å². The molecule has 2 aromatic carbocycles. The zero-order valence-corrected chi connectivity index (χ0v) is 19.6. The van der Waals surface area contributed by atoms with E-state index in [0.29, 0.717) is 17.5 Å². The van der Waals surface area contributed by atoms with E-state index in [1.807, 2.05) is 6.92 Å². The first kappa shape index (κ1) is 25.5. The van der Waals surface area contributed by atoms with Crippen LogP contribution >= 0.6 is 0 Å². The van der Waals surface area contributed by atoms with Crippen LogP contribution in [0.15, 0.2) is 45.7 Å². The van der Waals surface area contributed by atoms with Gasteiger partial charge in [0.05, 0.1) is 12.8 Å². The number of aromatic nitrogens is 3. The Balaban J connectivity index is 1.63. The fraction of sp³-hybridized carbons (Fsp3) is 0.217. The summed E-state index contributed by atoms with van der Waals surface area (Å²) in [5.74, 6) is -4.12. The third-order valence-electron chi connectivity index (χ3n) is 5.19. The van der Waals surface area contributed by atoms with Gasteiger partial charge in [-0.3, -0.25) is 0 Å². The Morgan fingerprint density at radius 1 is 1.19 bits per heavy atom. The molecular formula is C23H19F4N5O5. The maximum Gasteiger partial charge on any atom is 0.493 e. The highest BCUT2D eigenvalue weighted by Gasteiger charge is 2.42. The number of aryl methyl sites for hydroxylation is 2. The van der Waals surface area contributed by atoms with Crippen molar-refractivity contribution >= 4 is 40.2 Å². The first-order valence-electron chi connectivity index (χ1n) is 10.7. The quantitative estimate of drug-likeness (QED) is 0.341. The van der Waals surface area contributed by atoms with E-state index >= 15 is 0 Å². The number of alkyl halides is 3. The number of anilines is 4. The van der Waals surface area contributed by atoms with Crippen LogP contribution in [0.3, 0.4) is 0 Å². The highest BCUT2D eigenvalue weighted by atomic mass is 19.4. The average Bonchev–Trinajstić information content (AvgIpc) is 3.15. The Hall–Kier alpha value is -4.62. The average molecular weight is 521 g/mol. The van der Waals surface area contributed by atoms with Crippen molar-refractivity contribution in [3.05, 3.63) is 64.0 Å². The number of ether oxygens (including phenoxy) is 1. The Kier molecular flexibility index (Phi) is 6.74. The van der Waals surface area contributed by atoms with Crippen LogP contribution in [0.1, 0.15) is 18.1 Å². The molecule has 0 saturated heterocycles. The summed E-state index contributed by atoms with van der Waals surface area (Å²) in [6.07, 6.45) is -3.29. The van der Waals surface area contributed by atoms with Crippen LogP contribution in [0.2, 0.25) is 0 Å². The van der Waals surface area contributed by atoms with Gasteiger partial charge in [0.1, 0.15) is 11.3 Å². The molecule has 0 spiro atoms. The number of oxazole rings is 1. The largest absolute Gasteiger partial charge is 0.493 e. The van der Waals surface area contributed by atoms with E-state index in [9.17, 15) is 27.2 Å². The van der Waals surface area contributed by atoms with Crippen molar-refractivity contribution < 1.29 is 36.3 Å². The smallest absolute Gasteiger partial charge is 0.493 e. The normalized spacial score (nSPS) is 11.4. The highest BCUT2D eigenvalue weighted by molar-refractivity contribution is 5.81. The van der Waals surface area contributed by atoms with Crippen molar-refractivity contribution in [3.8, 4) is 5.75 Å². The number of fused-ring (bicyclic) bond motifs is 1. The van der Waals surface area contributed by atoms with Crippen LogP contribution in [0.25, 0.3) is 11.1 Å².